The highest BCUT2D eigenvalue weighted by molar-refractivity contribution is 5.79. The number of methoxy groups -OCH3 is 1. The molecule has 1 heterocycles. The second kappa shape index (κ2) is 7.53. The summed E-state index contributed by atoms with van der Waals surface area (Å²) in [7, 11) is 1.67. The number of nitrogens with one attached hydrogen (secondary N) is 1. The molecule has 0 saturated heterocycles. The van der Waals surface area contributed by atoms with E-state index < -0.39 is 6.10 Å². The van der Waals surface area contributed by atoms with Crippen molar-refractivity contribution < 1.29 is 14.6 Å². The molecule has 134 valence electrons. The number of fused-ring (bicyclic) bond motifs is 1. The minimum absolute atomic E-state index is 0.0113. The minimum Gasteiger partial charge on any atom is -0.497 e. The lowest BCUT2D eigenvalue weighted by molar-refractivity contribution is -0.135. The summed E-state index contributed by atoms with van der Waals surface area (Å²) in [5.74, 6) is 0.897. The zero-order valence-corrected chi connectivity index (χ0v) is 15.4. The first kappa shape index (κ1) is 18.7. The number of amides is 1. The highest BCUT2D eigenvalue weighted by Gasteiger charge is 2.38. The third-order valence-electron chi connectivity index (χ3n) is 4.44. The fraction of sp³-hybridized carbons (Fsp3) is 0.632. The van der Waals surface area contributed by atoms with Gasteiger partial charge in [-0.3, -0.25) is 4.79 Å². The van der Waals surface area contributed by atoms with Crippen molar-refractivity contribution in [3.05, 3.63) is 29.3 Å². The minimum atomic E-state index is -0.456. The molecule has 24 heavy (non-hydrogen) atoms. The number of rotatable bonds is 5. The number of aliphatic hydroxyl groups is 1. The maximum Gasteiger partial charge on any atom is 0.237 e. The summed E-state index contributed by atoms with van der Waals surface area (Å²) in [6.07, 6.45) is 0.399. The summed E-state index contributed by atoms with van der Waals surface area (Å²) >= 11 is 0. The predicted molar refractivity (Wildman–Crippen MR) is 95.2 cm³/mol. The molecule has 0 aromatic heterocycles. The van der Waals surface area contributed by atoms with Gasteiger partial charge < -0.3 is 20.1 Å². The molecule has 1 unspecified atom stereocenters. The molecule has 2 rings (SSSR count). The van der Waals surface area contributed by atoms with Crippen LogP contribution in [0.2, 0.25) is 0 Å². The number of hydrogen-bond donors (Lipinski definition) is 2. The summed E-state index contributed by atoms with van der Waals surface area (Å²) in [4.78, 5) is 14.7. The van der Waals surface area contributed by atoms with Gasteiger partial charge in [-0.15, -0.1) is 0 Å². The molecule has 1 amide bonds. The molecule has 0 fully saturated rings. The van der Waals surface area contributed by atoms with Gasteiger partial charge in [-0.2, -0.15) is 0 Å². The smallest absolute Gasteiger partial charge is 0.237 e. The van der Waals surface area contributed by atoms with Gasteiger partial charge in [-0.1, -0.05) is 26.8 Å². The van der Waals surface area contributed by atoms with Gasteiger partial charge in [-0.25, -0.2) is 0 Å². The number of nitrogens with zero attached hydrogens (tertiary/aromatic N) is 1. The maximum absolute atomic E-state index is 12.8. The van der Waals surface area contributed by atoms with Gasteiger partial charge in [0.05, 0.1) is 25.8 Å². The van der Waals surface area contributed by atoms with Crippen LogP contribution in [0, 0.1) is 5.41 Å². The van der Waals surface area contributed by atoms with E-state index in [2.05, 4.69) is 38.2 Å². The molecule has 1 aromatic carbocycles. The standard InChI is InChI=1S/C19H30N2O3/c1-13(22)11-20-12-17(23)21-9-8-14-6-7-15(24-5)10-16(14)18(21)19(2,3)4/h6-7,10,13,18,20,22H,8-9,11-12H2,1-5H3/t13-,18?/m1/s1. The third-order valence-corrected chi connectivity index (χ3v) is 4.44. The molecule has 0 aliphatic carbocycles. The van der Waals surface area contributed by atoms with Gasteiger partial charge in [0.25, 0.3) is 0 Å². The second-order valence-electron chi connectivity index (χ2n) is 7.65. The summed E-state index contributed by atoms with van der Waals surface area (Å²) in [5.41, 5.74) is 2.38. The first-order chi connectivity index (χ1) is 11.2. The molecule has 1 aliphatic rings. The van der Waals surface area contributed by atoms with E-state index in [9.17, 15) is 9.90 Å². The Kier molecular flexibility index (Phi) is 5.88. The van der Waals surface area contributed by atoms with Crippen LogP contribution in [0.1, 0.15) is 44.9 Å². The Morgan fingerprint density at radius 3 is 2.75 bits per heavy atom. The van der Waals surface area contributed by atoms with Crippen molar-refractivity contribution in [1.82, 2.24) is 10.2 Å². The first-order valence-corrected chi connectivity index (χ1v) is 8.59. The SMILES string of the molecule is COc1ccc2c(c1)C(C(C)(C)C)N(C(=O)CNC[C@@H](C)O)CC2. The van der Waals surface area contributed by atoms with Crippen molar-refractivity contribution >= 4 is 5.91 Å². The van der Waals surface area contributed by atoms with Crippen LogP contribution in [-0.4, -0.2) is 48.8 Å². The average Bonchev–Trinajstić information content (AvgIpc) is 2.51. The van der Waals surface area contributed by atoms with Crippen molar-refractivity contribution in [2.45, 2.75) is 46.3 Å². The predicted octanol–water partition coefficient (Wildman–Crippen LogP) is 2.14. The molecule has 1 aliphatic heterocycles. The van der Waals surface area contributed by atoms with E-state index in [1.54, 1.807) is 14.0 Å². The van der Waals surface area contributed by atoms with Gasteiger partial charge in [0.2, 0.25) is 5.91 Å². The van der Waals surface area contributed by atoms with Crippen LogP contribution in [0.25, 0.3) is 0 Å². The lowest BCUT2D eigenvalue weighted by Crippen LogP contribution is -2.48. The second-order valence-corrected chi connectivity index (χ2v) is 7.65. The van der Waals surface area contributed by atoms with Crippen LogP contribution in [0.3, 0.4) is 0 Å². The fourth-order valence-corrected chi connectivity index (χ4v) is 3.41. The Bertz CT molecular complexity index is 578. The summed E-state index contributed by atoms with van der Waals surface area (Å²) in [6.45, 7) is 9.58. The summed E-state index contributed by atoms with van der Waals surface area (Å²) in [6, 6.07) is 6.17. The number of benzene rings is 1. The number of carbonyl (C=O) groups is 1. The van der Waals surface area contributed by atoms with E-state index in [4.69, 9.17) is 4.74 Å². The number of aliphatic hydroxyl groups excluding tert-OH is 1. The Balaban J connectivity index is 2.27. The number of ether oxygens (including phenoxy) is 1. The average molecular weight is 334 g/mol. The van der Waals surface area contributed by atoms with E-state index >= 15 is 0 Å². The van der Waals surface area contributed by atoms with Crippen molar-refractivity contribution in [3.63, 3.8) is 0 Å². The molecule has 0 radical (unpaired) electrons. The highest BCUT2D eigenvalue weighted by Crippen LogP contribution is 2.43. The van der Waals surface area contributed by atoms with Gasteiger partial charge >= 0.3 is 0 Å². The molecule has 1 aromatic rings. The Hall–Kier alpha value is -1.59. The van der Waals surface area contributed by atoms with Crippen molar-refractivity contribution in [1.29, 1.82) is 0 Å². The van der Waals surface area contributed by atoms with Crippen LogP contribution in [0.15, 0.2) is 18.2 Å². The van der Waals surface area contributed by atoms with E-state index in [0.29, 0.717) is 6.54 Å². The lowest BCUT2D eigenvalue weighted by atomic mass is 9.77. The summed E-state index contributed by atoms with van der Waals surface area (Å²) < 4.78 is 5.38. The van der Waals surface area contributed by atoms with Gasteiger partial charge in [0, 0.05) is 13.1 Å². The van der Waals surface area contributed by atoms with Crippen molar-refractivity contribution in [2.24, 2.45) is 5.41 Å². The normalized spacial score (nSPS) is 18.9. The van der Waals surface area contributed by atoms with Crippen molar-refractivity contribution in [2.75, 3.05) is 26.7 Å². The molecular formula is C19H30N2O3. The number of hydrogen-bond acceptors (Lipinski definition) is 4. The van der Waals surface area contributed by atoms with E-state index in [1.165, 1.54) is 11.1 Å². The quantitative estimate of drug-likeness (QED) is 0.866. The Labute approximate surface area is 145 Å². The lowest BCUT2D eigenvalue weighted by Gasteiger charge is -2.44. The zero-order chi connectivity index (χ0) is 17.9. The number of carbonyl (C=O) groups excluding carboxylic acids is 1. The first-order valence-electron chi connectivity index (χ1n) is 8.59. The van der Waals surface area contributed by atoms with Gasteiger partial charge in [0.1, 0.15) is 5.75 Å². The van der Waals surface area contributed by atoms with Crippen LogP contribution < -0.4 is 10.1 Å². The van der Waals surface area contributed by atoms with Gasteiger partial charge in [0.15, 0.2) is 0 Å². The van der Waals surface area contributed by atoms with E-state index in [-0.39, 0.29) is 23.9 Å². The third kappa shape index (κ3) is 4.28. The molecule has 0 spiro atoms. The summed E-state index contributed by atoms with van der Waals surface area (Å²) in [5, 5.41) is 12.4. The molecule has 0 bridgehead atoms. The molecule has 2 N–H and O–H groups in total. The molecule has 0 saturated carbocycles. The maximum atomic E-state index is 12.8. The van der Waals surface area contributed by atoms with E-state index in [1.807, 2.05) is 11.0 Å². The van der Waals surface area contributed by atoms with Crippen LogP contribution in [0.5, 0.6) is 5.75 Å². The fourth-order valence-electron chi connectivity index (χ4n) is 3.41. The monoisotopic (exact) mass is 334 g/mol. The molecule has 5 nitrogen and oxygen atoms in total. The molecule has 2 atom stereocenters. The molecular weight excluding hydrogens is 304 g/mol. The van der Waals surface area contributed by atoms with Crippen LogP contribution >= 0.6 is 0 Å². The highest BCUT2D eigenvalue weighted by atomic mass is 16.5. The Morgan fingerprint density at radius 2 is 2.17 bits per heavy atom. The molecule has 5 heteroatoms. The van der Waals surface area contributed by atoms with Crippen LogP contribution in [-0.2, 0) is 11.2 Å². The van der Waals surface area contributed by atoms with E-state index in [0.717, 1.165) is 18.7 Å². The Morgan fingerprint density at radius 1 is 1.46 bits per heavy atom. The topological polar surface area (TPSA) is 61.8 Å². The largest absolute Gasteiger partial charge is 0.497 e. The van der Waals surface area contributed by atoms with Gasteiger partial charge in [-0.05, 0) is 42.0 Å². The van der Waals surface area contributed by atoms with Crippen molar-refractivity contribution in [3.8, 4) is 5.75 Å². The zero-order valence-electron chi connectivity index (χ0n) is 15.4. The van der Waals surface area contributed by atoms with Crippen LogP contribution in [0.4, 0.5) is 0 Å².